The Hall–Kier alpha value is -3.75. The number of nitrogens with one attached hydrogen (secondary N) is 1. The zero-order valence-corrected chi connectivity index (χ0v) is 19.7. The second-order valence-corrected chi connectivity index (χ2v) is 8.85. The highest BCUT2D eigenvalue weighted by atomic mass is 19.1. The van der Waals surface area contributed by atoms with Crippen LogP contribution in [0.5, 0.6) is 0 Å². The molecule has 1 atom stereocenters. The minimum atomic E-state index is -0.279. The van der Waals surface area contributed by atoms with Crippen LogP contribution in [0, 0.1) is 5.82 Å². The van der Waals surface area contributed by atoms with Crippen molar-refractivity contribution in [2.75, 3.05) is 50.6 Å². The molecule has 1 aliphatic rings. The number of aromatic nitrogens is 1. The zero-order chi connectivity index (χ0) is 24.4. The van der Waals surface area contributed by atoms with E-state index in [2.05, 4.69) is 22.2 Å². The fraction of sp³-hybridized carbons (Fsp3) is 0.259. The maximum atomic E-state index is 13.2. The van der Waals surface area contributed by atoms with E-state index in [0.717, 1.165) is 30.8 Å². The number of oxazole rings is 1. The Kier molecular flexibility index (Phi) is 6.48. The molecule has 0 radical (unpaired) electrons. The fourth-order valence-corrected chi connectivity index (χ4v) is 4.18. The van der Waals surface area contributed by atoms with Gasteiger partial charge in [-0.2, -0.15) is 4.98 Å². The number of carbonyl (C=O) groups excluding carboxylic acids is 1. The summed E-state index contributed by atoms with van der Waals surface area (Å²) in [6.07, 6.45) is 0.0954. The van der Waals surface area contributed by atoms with Crippen molar-refractivity contribution in [2.45, 2.75) is 6.10 Å². The Morgan fingerprint density at radius 2 is 1.83 bits per heavy atom. The predicted octanol–water partition coefficient (Wildman–Crippen LogP) is 4.65. The lowest BCUT2D eigenvalue weighted by molar-refractivity contribution is -0.0146. The van der Waals surface area contributed by atoms with Crippen molar-refractivity contribution < 1.29 is 18.3 Å². The molecule has 1 fully saturated rings. The summed E-state index contributed by atoms with van der Waals surface area (Å²) in [5, 5.41) is 2.92. The van der Waals surface area contributed by atoms with Gasteiger partial charge in [0, 0.05) is 37.9 Å². The molecule has 0 spiro atoms. The number of likely N-dealkylation sites (N-methyl/N-ethyl adjacent to an activating group) is 2. The average Bonchev–Trinajstić information content (AvgIpc) is 3.28. The maximum absolute atomic E-state index is 13.2. The van der Waals surface area contributed by atoms with Gasteiger partial charge in [-0.3, -0.25) is 4.79 Å². The van der Waals surface area contributed by atoms with Crippen molar-refractivity contribution >= 4 is 28.7 Å². The first kappa shape index (κ1) is 23.0. The van der Waals surface area contributed by atoms with Crippen molar-refractivity contribution in [1.29, 1.82) is 0 Å². The molecule has 180 valence electrons. The number of halogens is 1. The standard InChI is InChI=1S/C27H27FN4O3/c1-31-13-14-34-23(16-31)17-32(2)27-30-24-15-22(11-12-25(24)35-27)29-26(33)20-5-3-18(4-6-20)19-7-9-21(28)10-8-19/h3-12,15,23H,13-14,16-17H2,1-2H3,(H,29,33)/t23-/m1/s1. The van der Waals surface area contributed by atoms with Crippen LogP contribution in [0.4, 0.5) is 16.1 Å². The third-order valence-corrected chi connectivity index (χ3v) is 6.10. The molecular weight excluding hydrogens is 447 g/mol. The summed E-state index contributed by atoms with van der Waals surface area (Å²) >= 11 is 0. The second-order valence-electron chi connectivity index (χ2n) is 8.85. The third kappa shape index (κ3) is 5.34. The molecule has 0 unspecified atom stereocenters. The van der Waals surface area contributed by atoms with Gasteiger partial charge in [0.1, 0.15) is 11.3 Å². The maximum Gasteiger partial charge on any atom is 0.298 e. The molecule has 0 aliphatic carbocycles. The molecule has 0 saturated carbocycles. The van der Waals surface area contributed by atoms with Crippen LogP contribution in [-0.2, 0) is 4.74 Å². The van der Waals surface area contributed by atoms with Crippen molar-refractivity contribution in [3.05, 3.63) is 78.1 Å². The van der Waals surface area contributed by atoms with E-state index >= 15 is 0 Å². The normalized spacial score (nSPS) is 16.4. The second kappa shape index (κ2) is 9.85. The number of nitrogens with zero attached hydrogens (tertiary/aromatic N) is 3. The van der Waals surface area contributed by atoms with Gasteiger partial charge < -0.3 is 24.3 Å². The average molecular weight is 475 g/mol. The van der Waals surface area contributed by atoms with Gasteiger partial charge in [-0.1, -0.05) is 24.3 Å². The van der Waals surface area contributed by atoms with Crippen LogP contribution in [0.2, 0.25) is 0 Å². The van der Waals surface area contributed by atoms with Crippen molar-refractivity contribution in [1.82, 2.24) is 9.88 Å². The molecule has 5 rings (SSSR count). The summed E-state index contributed by atoms with van der Waals surface area (Å²) < 4.78 is 24.9. The molecular formula is C27H27FN4O3. The van der Waals surface area contributed by atoms with Crippen LogP contribution in [0.25, 0.3) is 22.2 Å². The minimum absolute atomic E-state index is 0.0954. The van der Waals surface area contributed by atoms with E-state index in [1.807, 2.05) is 24.1 Å². The lowest BCUT2D eigenvalue weighted by atomic mass is 10.0. The minimum Gasteiger partial charge on any atom is -0.423 e. The summed E-state index contributed by atoms with van der Waals surface area (Å²) in [5.74, 6) is -0.506. The molecule has 2 heterocycles. The quantitative estimate of drug-likeness (QED) is 0.439. The lowest BCUT2D eigenvalue weighted by Crippen LogP contribution is -2.45. The van der Waals surface area contributed by atoms with Crippen LogP contribution in [0.1, 0.15) is 10.4 Å². The number of hydrogen-bond donors (Lipinski definition) is 1. The summed E-state index contributed by atoms with van der Waals surface area (Å²) in [4.78, 5) is 21.6. The van der Waals surface area contributed by atoms with Crippen LogP contribution >= 0.6 is 0 Å². The van der Waals surface area contributed by atoms with Gasteiger partial charge >= 0.3 is 0 Å². The molecule has 1 amide bonds. The van der Waals surface area contributed by atoms with Gasteiger partial charge in [-0.15, -0.1) is 0 Å². The summed E-state index contributed by atoms with van der Waals surface area (Å²) in [7, 11) is 4.02. The number of hydrogen-bond acceptors (Lipinski definition) is 6. The van der Waals surface area contributed by atoms with Gasteiger partial charge in [0.2, 0.25) is 0 Å². The molecule has 1 saturated heterocycles. The van der Waals surface area contributed by atoms with Crippen LogP contribution < -0.4 is 10.2 Å². The Morgan fingerprint density at radius 1 is 1.11 bits per heavy atom. The van der Waals surface area contributed by atoms with Gasteiger partial charge in [-0.05, 0) is 60.6 Å². The highest BCUT2D eigenvalue weighted by Gasteiger charge is 2.21. The predicted molar refractivity (Wildman–Crippen MR) is 134 cm³/mol. The number of carbonyl (C=O) groups is 1. The smallest absolute Gasteiger partial charge is 0.298 e. The molecule has 8 heteroatoms. The molecule has 4 aromatic rings. The SMILES string of the molecule is CN1CCO[C@@H](CN(C)c2nc3cc(NC(=O)c4ccc(-c5ccc(F)cc5)cc4)ccc3o2)C1. The van der Waals surface area contributed by atoms with E-state index in [1.165, 1.54) is 12.1 Å². The topological polar surface area (TPSA) is 70.8 Å². The summed E-state index contributed by atoms with van der Waals surface area (Å²) in [6, 6.07) is 19.4. The van der Waals surface area contributed by atoms with E-state index in [4.69, 9.17) is 9.15 Å². The largest absolute Gasteiger partial charge is 0.423 e. The van der Waals surface area contributed by atoms with Gasteiger partial charge in [0.05, 0.1) is 12.7 Å². The van der Waals surface area contributed by atoms with E-state index in [1.54, 1.807) is 42.5 Å². The summed E-state index contributed by atoms with van der Waals surface area (Å²) in [5.41, 5.74) is 4.26. The van der Waals surface area contributed by atoms with Gasteiger partial charge in [0.15, 0.2) is 5.58 Å². The zero-order valence-electron chi connectivity index (χ0n) is 19.7. The van der Waals surface area contributed by atoms with E-state index in [0.29, 0.717) is 34.9 Å². The molecule has 35 heavy (non-hydrogen) atoms. The lowest BCUT2D eigenvalue weighted by Gasteiger charge is -2.32. The third-order valence-electron chi connectivity index (χ3n) is 6.10. The van der Waals surface area contributed by atoms with Crippen LogP contribution in [-0.4, -0.2) is 62.2 Å². The Labute approximate surface area is 203 Å². The highest BCUT2D eigenvalue weighted by Crippen LogP contribution is 2.25. The Bertz CT molecular complexity index is 1320. The molecule has 0 bridgehead atoms. The Morgan fingerprint density at radius 3 is 2.54 bits per heavy atom. The van der Waals surface area contributed by atoms with Gasteiger partial charge in [0.25, 0.3) is 11.9 Å². The van der Waals surface area contributed by atoms with Crippen molar-refractivity contribution in [3.8, 4) is 11.1 Å². The molecule has 3 aromatic carbocycles. The van der Waals surface area contributed by atoms with Crippen molar-refractivity contribution in [2.24, 2.45) is 0 Å². The number of ether oxygens (including phenoxy) is 1. The van der Waals surface area contributed by atoms with E-state index in [-0.39, 0.29) is 17.8 Å². The van der Waals surface area contributed by atoms with E-state index < -0.39 is 0 Å². The molecule has 7 nitrogen and oxygen atoms in total. The fourth-order valence-electron chi connectivity index (χ4n) is 4.18. The monoisotopic (exact) mass is 474 g/mol. The number of amides is 1. The van der Waals surface area contributed by atoms with Crippen molar-refractivity contribution in [3.63, 3.8) is 0 Å². The van der Waals surface area contributed by atoms with E-state index in [9.17, 15) is 9.18 Å². The first-order valence-electron chi connectivity index (χ1n) is 11.5. The van der Waals surface area contributed by atoms with Crippen LogP contribution in [0.15, 0.2) is 71.1 Å². The number of rotatable bonds is 6. The molecule has 1 aromatic heterocycles. The molecule has 1 N–H and O–H groups in total. The highest BCUT2D eigenvalue weighted by molar-refractivity contribution is 6.05. The van der Waals surface area contributed by atoms with Gasteiger partial charge in [-0.25, -0.2) is 4.39 Å². The number of morpholine rings is 1. The Balaban J connectivity index is 1.25. The first-order chi connectivity index (χ1) is 16.9. The number of fused-ring (bicyclic) bond motifs is 1. The van der Waals surface area contributed by atoms with Crippen LogP contribution in [0.3, 0.4) is 0 Å². The summed E-state index contributed by atoms with van der Waals surface area (Å²) in [6.45, 7) is 3.21. The first-order valence-corrected chi connectivity index (χ1v) is 11.5. The number of benzene rings is 3. The number of anilines is 2. The molecule has 1 aliphatic heterocycles.